The van der Waals surface area contributed by atoms with Crippen molar-refractivity contribution in [3.63, 3.8) is 0 Å². The van der Waals surface area contributed by atoms with Gasteiger partial charge in [-0.05, 0) is 43.7 Å². The maximum atomic E-state index is 12.6. The Morgan fingerprint density at radius 3 is 2.53 bits per heavy atom. The molecule has 0 aliphatic carbocycles. The lowest BCUT2D eigenvalue weighted by Gasteiger charge is -2.10. The molecule has 3 aromatic rings. The molecule has 176 valence electrons. The number of hydrogen-bond acceptors (Lipinski definition) is 4. The Kier molecular flexibility index (Phi) is 8.21. The maximum absolute atomic E-state index is 12.6. The van der Waals surface area contributed by atoms with E-state index in [-0.39, 0.29) is 18.5 Å². The van der Waals surface area contributed by atoms with Crippen molar-refractivity contribution >= 4 is 41.1 Å². The highest BCUT2D eigenvalue weighted by Gasteiger charge is 2.14. The molecule has 0 radical (unpaired) electrons. The highest BCUT2D eigenvalue weighted by molar-refractivity contribution is 6.31. The van der Waals surface area contributed by atoms with Gasteiger partial charge in [-0.15, -0.1) is 0 Å². The molecule has 9 heteroatoms. The number of aromatic nitrogens is 2. The summed E-state index contributed by atoms with van der Waals surface area (Å²) in [5.74, 6) is -1.31. The number of primary amides is 1. The van der Waals surface area contributed by atoms with Crippen molar-refractivity contribution in [1.29, 1.82) is 0 Å². The van der Waals surface area contributed by atoms with Crippen molar-refractivity contribution in [3.8, 4) is 0 Å². The second-order valence-electron chi connectivity index (χ2n) is 7.67. The summed E-state index contributed by atoms with van der Waals surface area (Å²) in [6, 6.07) is 14.2. The molecule has 1 heterocycles. The first-order valence-corrected chi connectivity index (χ1v) is 11.1. The molecule has 0 aliphatic heterocycles. The molecule has 0 saturated carbocycles. The largest absolute Gasteiger partial charge is 0.370 e. The molecule has 8 nitrogen and oxygen atoms in total. The summed E-state index contributed by atoms with van der Waals surface area (Å²) in [7, 11) is 0. The highest BCUT2D eigenvalue weighted by atomic mass is 35.5. The van der Waals surface area contributed by atoms with Crippen LogP contribution in [0.15, 0.2) is 54.6 Å². The molecule has 34 heavy (non-hydrogen) atoms. The third kappa shape index (κ3) is 6.32. The number of hydrogen-bond donors (Lipinski definition) is 3. The van der Waals surface area contributed by atoms with Crippen molar-refractivity contribution in [2.45, 2.75) is 26.8 Å². The van der Waals surface area contributed by atoms with E-state index in [1.54, 1.807) is 30.3 Å². The van der Waals surface area contributed by atoms with Crippen LogP contribution in [-0.2, 0) is 16.1 Å². The van der Waals surface area contributed by atoms with Crippen LogP contribution >= 0.6 is 11.6 Å². The number of carbonyl (C=O) groups is 3. The van der Waals surface area contributed by atoms with E-state index in [0.29, 0.717) is 17.3 Å². The Hall–Kier alpha value is -3.91. The lowest BCUT2D eigenvalue weighted by atomic mass is 10.1. The summed E-state index contributed by atoms with van der Waals surface area (Å²) in [5.41, 5.74) is 9.20. The molecule has 0 atom stereocenters. The molecule has 3 rings (SSSR count). The van der Waals surface area contributed by atoms with Crippen molar-refractivity contribution in [3.05, 3.63) is 87.7 Å². The molecule has 4 N–H and O–H groups in total. The number of aryl methyl sites for hydroxylation is 1. The predicted octanol–water partition coefficient (Wildman–Crippen LogP) is 3.46. The van der Waals surface area contributed by atoms with Gasteiger partial charge < -0.3 is 16.4 Å². The number of halogens is 1. The molecular weight excluding hydrogens is 454 g/mol. The molecule has 1 aromatic heterocycles. The monoisotopic (exact) mass is 479 g/mol. The molecule has 0 fully saturated rings. The average molecular weight is 480 g/mol. The van der Waals surface area contributed by atoms with E-state index in [1.165, 1.54) is 6.08 Å². The van der Waals surface area contributed by atoms with Crippen LogP contribution in [0.4, 0.5) is 5.69 Å². The van der Waals surface area contributed by atoms with Gasteiger partial charge in [0.15, 0.2) is 0 Å². The lowest BCUT2D eigenvalue weighted by Crippen LogP contribution is -2.28. The number of para-hydroxylation sites is 1. The van der Waals surface area contributed by atoms with Crippen molar-refractivity contribution < 1.29 is 14.4 Å². The third-order valence-corrected chi connectivity index (χ3v) is 5.57. The van der Waals surface area contributed by atoms with E-state index >= 15 is 0 Å². The Morgan fingerprint density at radius 1 is 1.09 bits per heavy atom. The first-order valence-electron chi connectivity index (χ1n) is 10.7. The van der Waals surface area contributed by atoms with Gasteiger partial charge in [-0.2, -0.15) is 5.10 Å². The van der Waals surface area contributed by atoms with Gasteiger partial charge in [0.05, 0.1) is 23.5 Å². The SMILES string of the molecule is Cc1nn(Cc2ccccc2Cl)c(C)c1/C=C/C(=O)Nc1ccccc1C(=O)NCCC(N)=O. The number of rotatable bonds is 9. The van der Waals surface area contributed by atoms with Crippen LogP contribution in [0, 0.1) is 13.8 Å². The van der Waals surface area contributed by atoms with Crippen LogP contribution in [0.1, 0.15) is 39.3 Å². The van der Waals surface area contributed by atoms with Gasteiger partial charge in [0.1, 0.15) is 0 Å². The second-order valence-corrected chi connectivity index (χ2v) is 8.08. The van der Waals surface area contributed by atoms with Gasteiger partial charge in [-0.3, -0.25) is 19.1 Å². The minimum absolute atomic E-state index is 0.0336. The average Bonchev–Trinajstić information content (AvgIpc) is 3.06. The molecule has 0 bridgehead atoms. The Balaban J connectivity index is 1.70. The summed E-state index contributed by atoms with van der Waals surface area (Å²) in [6.07, 6.45) is 3.14. The van der Waals surface area contributed by atoms with Crippen molar-refractivity contribution in [2.75, 3.05) is 11.9 Å². The number of nitrogens with zero attached hydrogens (tertiary/aromatic N) is 2. The summed E-state index contributed by atoms with van der Waals surface area (Å²) in [5, 5.41) is 10.6. The van der Waals surface area contributed by atoms with Crippen LogP contribution in [0.2, 0.25) is 5.02 Å². The Labute approximate surface area is 202 Å². The molecule has 0 saturated heterocycles. The third-order valence-electron chi connectivity index (χ3n) is 5.20. The fourth-order valence-corrected chi connectivity index (χ4v) is 3.61. The first-order chi connectivity index (χ1) is 16.3. The first kappa shape index (κ1) is 24.7. The predicted molar refractivity (Wildman–Crippen MR) is 133 cm³/mol. The van der Waals surface area contributed by atoms with Gasteiger partial charge in [0, 0.05) is 35.3 Å². The number of nitrogens with one attached hydrogen (secondary N) is 2. The van der Waals surface area contributed by atoms with E-state index < -0.39 is 17.7 Å². The van der Waals surface area contributed by atoms with Crippen molar-refractivity contribution in [2.24, 2.45) is 5.73 Å². The van der Waals surface area contributed by atoms with Crippen LogP contribution in [0.3, 0.4) is 0 Å². The number of benzene rings is 2. The number of nitrogens with two attached hydrogens (primary N) is 1. The molecule has 0 aliphatic rings. The zero-order chi connectivity index (χ0) is 24.7. The number of amides is 3. The normalized spacial score (nSPS) is 10.9. The van der Waals surface area contributed by atoms with E-state index in [2.05, 4.69) is 15.7 Å². The minimum atomic E-state index is -0.507. The molecular formula is C25H26ClN5O3. The van der Waals surface area contributed by atoms with Crippen LogP contribution in [0.5, 0.6) is 0 Å². The van der Waals surface area contributed by atoms with Crippen molar-refractivity contribution in [1.82, 2.24) is 15.1 Å². The molecule has 2 aromatic carbocycles. The topological polar surface area (TPSA) is 119 Å². The minimum Gasteiger partial charge on any atom is -0.370 e. The van der Waals surface area contributed by atoms with E-state index in [0.717, 1.165) is 22.5 Å². The fourth-order valence-electron chi connectivity index (χ4n) is 3.41. The lowest BCUT2D eigenvalue weighted by molar-refractivity contribution is -0.118. The van der Waals surface area contributed by atoms with Crippen LogP contribution < -0.4 is 16.4 Å². The summed E-state index contributed by atoms with van der Waals surface area (Å²) >= 11 is 6.27. The number of carbonyl (C=O) groups excluding carboxylic acids is 3. The second kappa shape index (κ2) is 11.3. The summed E-state index contributed by atoms with van der Waals surface area (Å²) in [6.45, 7) is 4.44. The fraction of sp³-hybridized carbons (Fsp3) is 0.200. The molecule has 0 unspecified atom stereocenters. The highest BCUT2D eigenvalue weighted by Crippen LogP contribution is 2.21. The van der Waals surface area contributed by atoms with E-state index in [1.807, 2.05) is 42.8 Å². The standard InChI is InChI=1S/C25H26ClN5O3/c1-16-19(17(2)31(30-16)15-18-7-3-5-9-21(18)26)11-12-24(33)29-22-10-6-4-8-20(22)25(34)28-14-13-23(27)32/h3-12H,13-15H2,1-2H3,(H2,27,32)(H,28,34)(H,29,33)/b12-11+. The maximum Gasteiger partial charge on any atom is 0.253 e. The zero-order valence-corrected chi connectivity index (χ0v) is 19.7. The Bertz CT molecular complexity index is 1250. The van der Waals surface area contributed by atoms with Gasteiger partial charge >= 0.3 is 0 Å². The van der Waals surface area contributed by atoms with Crippen LogP contribution in [0.25, 0.3) is 6.08 Å². The van der Waals surface area contributed by atoms with Crippen LogP contribution in [-0.4, -0.2) is 34.0 Å². The van der Waals surface area contributed by atoms with Gasteiger partial charge in [0.2, 0.25) is 11.8 Å². The van der Waals surface area contributed by atoms with E-state index in [4.69, 9.17) is 17.3 Å². The number of anilines is 1. The van der Waals surface area contributed by atoms with Gasteiger partial charge in [-0.25, -0.2) is 0 Å². The summed E-state index contributed by atoms with van der Waals surface area (Å²) in [4.78, 5) is 35.9. The van der Waals surface area contributed by atoms with Gasteiger partial charge in [0.25, 0.3) is 5.91 Å². The van der Waals surface area contributed by atoms with E-state index in [9.17, 15) is 14.4 Å². The zero-order valence-electron chi connectivity index (χ0n) is 19.0. The smallest absolute Gasteiger partial charge is 0.253 e. The molecule has 0 spiro atoms. The quantitative estimate of drug-likeness (QED) is 0.407. The van der Waals surface area contributed by atoms with Gasteiger partial charge in [-0.1, -0.05) is 41.9 Å². The summed E-state index contributed by atoms with van der Waals surface area (Å²) < 4.78 is 1.85. The Morgan fingerprint density at radius 2 is 1.79 bits per heavy atom. The molecule has 3 amide bonds.